The van der Waals surface area contributed by atoms with E-state index in [9.17, 15) is 0 Å². The van der Waals surface area contributed by atoms with Crippen molar-refractivity contribution in [3.63, 3.8) is 0 Å². The third-order valence-electron chi connectivity index (χ3n) is 10.2. The Morgan fingerprint density at radius 2 is 1.85 bits per heavy atom. The maximum Gasteiger partial charge on any atom is 0.119 e. The first-order valence-electron chi connectivity index (χ1n) is 13.6. The number of fused-ring (bicyclic) bond motifs is 4. The van der Waals surface area contributed by atoms with Crippen LogP contribution in [0, 0.1) is 29.6 Å². The highest BCUT2D eigenvalue weighted by Crippen LogP contribution is 2.59. The van der Waals surface area contributed by atoms with E-state index in [0.717, 1.165) is 41.5 Å². The molecule has 7 fully saturated rings. The summed E-state index contributed by atoms with van der Waals surface area (Å²) in [6.07, 6.45) is 14.9. The Balaban J connectivity index is 1.31. The Morgan fingerprint density at radius 3 is 2.50 bits per heavy atom. The molecular weight excluding hydrogens is 420 g/mol. The summed E-state index contributed by atoms with van der Waals surface area (Å²) in [5, 5.41) is 1.19. The van der Waals surface area contributed by atoms with Crippen LogP contribution >= 0.6 is 0 Å². The van der Waals surface area contributed by atoms with Crippen molar-refractivity contribution >= 4 is 10.9 Å². The van der Waals surface area contributed by atoms with E-state index < -0.39 is 0 Å². The predicted molar refractivity (Wildman–Crippen MR) is 135 cm³/mol. The molecule has 1 aromatic heterocycles. The van der Waals surface area contributed by atoms with Gasteiger partial charge in [-0.1, -0.05) is 6.08 Å². The van der Waals surface area contributed by atoms with Crippen molar-refractivity contribution in [2.75, 3.05) is 20.2 Å². The number of benzene rings is 1. The standard InChI is InChI=1S/C30H38N2O2/c1-3-22-18-32-9-7-23(22)13-28(32)29(25-6-8-31-27-5-4-24(33-2)14-26(25)27)34-30-15-19-10-20(16-30)12-21(11-19)17-30/h3-6,8,14,19-23,28-29H,1,7,9-13,15-18H2,2H3/t19?,20?,21?,22-,23-,28+,29-,30?/m0/s1. The average Bonchev–Trinajstić information content (AvgIpc) is 2.86. The maximum atomic E-state index is 7.54. The molecule has 5 atom stereocenters. The maximum absolute atomic E-state index is 7.54. The van der Waals surface area contributed by atoms with Crippen LogP contribution in [-0.2, 0) is 4.74 Å². The minimum absolute atomic E-state index is 0.0729. The molecule has 4 heteroatoms. The third-order valence-corrected chi connectivity index (χ3v) is 10.2. The van der Waals surface area contributed by atoms with Crippen molar-refractivity contribution in [3.8, 4) is 5.75 Å². The van der Waals surface area contributed by atoms with E-state index in [1.54, 1.807) is 7.11 Å². The van der Waals surface area contributed by atoms with Crippen molar-refractivity contribution in [3.05, 3.63) is 48.7 Å². The summed E-state index contributed by atoms with van der Waals surface area (Å²) in [6.45, 7) is 6.48. The predicted octanol–water partition coefficient (Wildman–Crippen LogP) is 6.17. The van der Waals surface area contributed by atoms with Gasteiger partial charge in [-0.25, -0.2) is 0 Å². The number of piperidine rings is 3. The quantitative estimate of drug-likeness (QED) is 0.485. The molecule has 4 aliphatic carbocycles. The zero-order valence-electron chi connectivity index (χ0n) is 20.5. The van der Waals surface area contributed by atoms with E-state index in [2.05, 4.69) is 35.8 Å². The fourth-order valence-electron chi connectivity index (χ4n) is 9.01. The first-order valence-corrected chi connectivity index (χ1v) is 13.6. The molecule has 7 aliphatic rings. The topological polar surface area (TPSA) is 34.6 Å². The van der Waals surface area contributed by atoms with Crippen LogP contribution in [0.5, 0.6) is 5.75 Å². The Hall–Kier alpha value is -1.91. The second-order valence-electron chi connectivity index (χ2n) is 12.2. The van der Waals surface area contributed by atoms with Gasteiger partial charge in [-0.15, -0.1) is 6.58 Å². The third kappa shape index (κ3) is 3.44. The highest BCUT2D eigenvalue weighted by atomic mass is 16.5. The van der Waals surface area contributed by atoms with Gasteiger partial charge in [0, 0.05) is 24.2 Å². The lowest BCUT2D eigenvalue weighted by Crippen LogP contribution is -2.58. The minimum atomic E-state index is 0.0729. The van der Waals surface area contributed by atoms with Crippen molar-refractivity contribution in [1.82, 2.24) is 9.88 Å². The average molecular weight is 459 g/mol. The van der Waals surface area contributed by atoms with Crippen LogP contribution < -0.4 is 4.74 Å². The van der Waals surface area contributed by atoms with Crippen molar-refractivity contribution in [2.24, 2.45) is 29.6 Å². The van der Waals surface area contributed by atoms with Gasteiger partial charge in [-0.3, -0.25) is 9.88 Å². The molecule has 4 heterocycles. The molecule has 0 radical (unpaired) electrons. The highest BCUT2D eigenvalue weighted by molar-refractivity contribution is 5.84. The van der Waals surface area contributed by atoms with Crippen LogP contribution in [0.3, 0.4) is 0 Å². The molecule has 4 nitrogen and oxygen atoms in total. The first kappa shape index (κ1) is 21.4. The van der Waals surface area contributed by atoms with Crippen LogP contribution in [0.1, 0.15) is 63.0 Å². The van der Waals surface area contributed by atoms with Crippen LogP contribution in [0.4, 0.5) is 0 Å². The molecule has 0 spiro atoms. The zero-order chi connectivity index (χ0) is 22.9. The summed E-state index contributed by atoms with van der Waals surface area (Å²) in [5.41, 5.74) is 2.42. The lowest BCUT2D eigenvalue weighted by atomic mass is 9.54. The van der Waals surface area contributed by atoms with Crippen LogP contribution in [-0.4, -0.2) is 41.7 Å². The Morgan fingerprint density at radius 1 is 1.09 bits per heavy atom. The number of hydrogen-bond donors (Lipinski definition) is 0. The van der Waals surface area contributed by atoms with Gasteiger partial charge in [0.05, 0.1) is 24.3 Å². The molecule has 1 unspecified atom stereocenters. The van der Waals surface area contributed by atoms with Crippen molar-refractivity contribution in [1.29, 1.82) is 0 Å². The number of aromatic nitrogens is 1. The van der Waals surface area contributed by atoms with E-state index in [1.165, 1.54) is 68.9 Å². The zero-order valence-corrected chi connectivity index (χ0v) is 20.5. The number of hydrogen-bond acceptors (Lipinski definition) is 4. The molecule has 34 heavy (non-hydrogen) atoms. The summed E-state index contributed by atoms with van der Waals surface area (Å²) in [6, 6.07) is 8.97. The highest BCUT2D eigenvalue weighted by Gasteiger charge is 2.54. The molecule has 0 N–H and O–H groups in total. The molecule has 1 aromatic carbocycles. The second-order valence-corrected chi connectivity index (χ2v) is 12.2. The van der Waals surface area contributed by atoms with Crippen molar-refractivity contribution < 1.29 is 9.47 Å². The number of methoxy groups -OCH3 is 1. The lowest BCUT2D eigenvalue weighted by Gasteiger charge is -2.59. The van der Waals surface area contributed by atoms with Gasteiger partial charge < -0.3 is 9.47 Å². The number of nitrogens with zero attached hydrogens (tertiary/aromatic N) is 2. The Bertz CT molecular complexity index is 1060. The molecule has 4 saturated carbocycles. The van der Waals surface area contributed by atoms with E-state index in [0.29, 0.717) is 12.0 Å². The van der Waals surface area contributed by atoms with Crippen LogP contribution in [0.2, 0.25) is 0 Å². The summed E-state index contributed by atoms with van der Waals surface area (Å²) in [7, 11) is 1.75. The number of pyridine rings is 1. The molecule has 6 bridgehead atoms. The summed E-state index contributed by atoms with van der Waals surface area (Å²) >= 11 is 0. The molecule has 2 aromatic rings. The van der Waals surface area contributed by atoms with Gasteiger partial charge >= 0.3 is 0 Å². The summed E-state index contributed by atoms with van der Waals surface area (Å²) < 4.78 is 13.2. The largest absolute Gasteiger partial charge is 0.497 e. The van der Waals surface area contributed by atoms with E-state index >= 15 is 0 Å². The second kappa shape index (κ2) is 8.06. The van der Waals surface area contributed by atoms with Crippen LogP contribution in [0.15, 0.2) is 43.1 Å². The van der Waals surface area contributed by atoms with Gasteiger partial charge in [-0.2, -0.15) is 0 Å². The van der Waals surface area contributed by atoms with Gasteiger partial charge in [0.25, 0.3) is 0 Å². The van der Waals surface area contributed by atoms with Gasteiger partial charge in [0.1, 0.15) is 5.75 Å². The minimum Gasteiger partial charge on any atom is -0.497 e. The number of rotatable bonds is 6. The molecule has 3 saturated heterocycles. The van der Waals surface area contributed by atoms with E-state index in [4.69, 9.17) is 14.5 Å². The number of ether oxygens (including phenoxy) is 2. The van der Waals surface area contributed by atoms with Gasteiger partial charge in [0.2, 0.25) is 0 Å². The van der Waals surface area contributed by atoms with Crippen molar-refractivity contribution in [2.45, 2.75) is 69.1 Å². The summed E-state index contributed by atoms with van der Waals surface area (Å²) in [4.78, 5) is 7.43. The summed E-state index contributed by atoms with van der Waals surface area (Å²) in [5.74, 6) is 4.91. The molecule has 9 rings (SSSR count). The molecular formula is C30H38N2O2. The lowest BCUT2D eigenvalue weighted by molar-refractivity contribution is -0.211. The molecule has 3 aliphatic heterocycles. The van der Waals surface area contributed by atoms with E-state index in [-0.39, 0.29) is 11.7 Å². The molecule has 180 valence electrons. The normalized spacial score (nSPS) is 41.0. The molecule has 0 amide bonds. The fourth-order valence-corrected chi connectivity index (χ4v) is 9.01. The smallest absolute Gasteiger partial charge is 0.119 e. The van der Waals surface area contributed by atoms with Gasteiger partial charge in [0.15, 0.2) is 0 Å². The van der Waals surface area contributed by atoms with E-state index in [1.807, 2.05) is 12.3 Å². The fraction of sp³-hybridized carbons (Fsp3) is 0.633. The van der Waals surface area contributed by atoms with Crippen LogP contribution in [0.25, 0.3) is 10.9 Å². The first-order chi connectivity index (χ1) is 16.6. The SMILES string of the molecule is C=C[C@H]1CN2CC[C@H]1C[C@@H]2[C@@H](OC12CC3CC(CC(C3)C1)C2)c1ccnc2ccc(OC)cc12. The monoisotopic (exact) mass is 458 g/mol. The Kier molecular flexibility index (Phi) is 5.07. The Labute approximate surface area is 203 Å². The van der Waals surface area contributed by atoms with Gasteiger partial charge in [-0.05, 0) is 117 Å².